The van der Waals surface area contributed by atoms with E-state index in [1.165, 1.54) is 12.1 Å². The molecule has 9 rings (SSSR count). The molecule has 5 aromatic rings. The molecule has 370 valence electrons. The number of benzene rings is 3. The Labute approximate surface area is 415 Å². The molecule has 19 heteroatoms. The van der Waals surface area contributed by atoms with Gasteiger partial charge in [0.05, 0.1) is 47.1 Å². The molecule has 6 heterocycles. The molecular formula is C51H60BrF2N10O5P. The number of aryl methyl sites for hydroxylation is 1. The fraction of sp³-hybridized carbons (Fsp3) is 0.451. The molecule has 3 amide bonds. The fourth-order valence-electron chi connectivity index (χ4n) is 10.6. The van der Waals surface area contributed by atoms with Crippen LogP contribution in [0.5, 0.6) is 5.75 Å². The van der Waals surface area contributed by atoms with Gasteiger partial charge in [-0.3, -0.25) is 29.6 Å². The second-order valence-corrected chi connectivity index (χ2v) is 23.2. The number of nitrogens with zero attached hydrogens (tertiary/aromatic N) is 7. The molecule has 70 heavy (non-hydrogen) atoms. The van der Waals surface area contributed by atoms with Gasteiger partial charge in [0.1, 0.15) is 30.3 Å². The number of aromatic nitrogens is 3. The molecule has 0 radical (unpaired) electrons. The summed E-state index contributed by atoms with van der Waals surface area (Å²) in [7, 11) is -1.08. The van der Waals surface area contributed by atoms with Gasteiger partial charge in [-0.1, -0.05) is 25.1 Å². The van der Waals surface area contributed by atoms with Crippen molar-refractivity contribution in [3.05, 3.63) is 88.2 Å². The number of hydrogen-bond donors (Lipinski definition) is 3. The summed E-state index contributed by atoms with van der Waals surface area (Å²) in [6, 6.07) is 14.8. The van der Waals surface area contributed by atoms with Gasteiger partial charge < -0.3 is 34.6 Å². The number of carbonyl (C=O) groups is 3. The van der Waals surface area contributed by atoms with Crippen LogP contribution in [0.4, 0.5) is 43.3 Å². The Kier molecular flexibility index (Phi) is 14.7. The first-order valence-electron chi connectivity index (χ1n) is 24.2. The summed E-state index contributed by atoms with van der Waals surface area (Å²) in [5.41, 5.74) is 4.57. The lowest BCUT2D eigenvalue weighted by Gasteiger charge is -2.43. The largest absolute Gasteiger partial charge is 0.494 e. The van der Waals surface area contributed by atoms with Gasteiger partial charge in [0.2, 0.25) is 23.7 Å². The average Bonchev–Trinajstić information content (AvgIpc) is 3.34. The zero-order valence-electron chi connectivity index (χ0n) is 40.1. The number of amides is 3. The first kappa shape index (κ1) is 49.3. The Balaban J connectivity index is 0.762. The number of fused-ring (bicyclic) bond motifs is 1. The third-order valence-corrected chi connectivity index (χ3v) is 16.6. The summed E-state index contributed by atoms with van der Waals surface area (Å²) in [6.07, 6.45) is 8.76. The van der Waals surface area contributed by atoms with E-state index in [1.807, 2.05) is 34.1 Å². The first-order valence-corrected chi connectivity index (χ1v) is 27.6. The second kappa shape index (κ2) is 20.9. The molecule has 1 atom stereocenters. The van der Waals surface area contributed by atoms with Gasteiger partial charge in [-0.05, 0) is 110 Å². The van der Waals surface area contributed by atoms with Crippen molar-refractivity contribution in [2.75, 3.05) is 93.2 Å². The molecule has 4 saturated heterocycles. The highest BCUT2D eigenvalue weighted by atomic mass is 79.9. The molecule has 0 bridgehead atoms. The molecule has 15 nitrogen and oxygen atoms in total. The maximum atomic E-state index is 15.2. The van der Waals surface area contributed by atoms with Crippen molar-refractivity contribution < 1.29 is 32.5 Å². The van der Waals surface area contributed by atoms with Gasteiger partial charge in [0.15, 0.2) is 0 Å². The maximum Gasteiger partial charge on any atom is 0.236 e. The number of methoxy groups -OCH3 is 1. The van der Waals surface area contributed by atoms with E-state index < -0.39 is 36.5 Å². The van der Waals surface area contributed by atoms with Crippen LogP contribution in [0.25, 0.3) is 10.9 Å². The summed E-state index contributed by atoms with van der Waals surface area (Å²) in [4.78, 5) is 60.1. The fourth-order valence-corrected chi connectivity index (χ4v) is 12.4. The number of carbonyl (C=O) groups excluding carboxylic acids is 3. The number of para-hydroxylation sites is 1. The summed E-state index contributed by atoms with van der Waals surface area (Å²) in [6.45, 7) is 11.3. The number of nitrogens with one attached hydrogen (secondary N) is 3. The van der Waals surface area contributed by atoms with Gasteiger partial charge in [0, 0.05) is 98.2 Å². The highest BCUT2D eigenvalue weighted by Gasteiger charge is 2.35. The van der Waals surface area contributed by atoms with Gasteiger partial charge in [0.25, 0.3) is 0 Å². The number of imide groups is 1. The summed E-state index contributed by atoms with van der Waals surface area (Å²) < 4.78 is 50.6. The summed E-state index contributed by atoms with van der Waals surface area (Å²) in [5.74, 6) is -1.58. The van der Waals surface area contributed by atoms with Crippen molar-refractivity contribution >= 4 is 91.5 Å². The zero-order valence-corrected chi connectivity index (χ0v) is 42.6. The molecule has 2 aromatic heterocycles. The molecule has 1 unspecified atom stereocenters. The number of halogens is 3. The zero-order chi connectivity index (χ0) is 49.3. The smallest absolute Gasteiger partial charge is 0.236 e. The van der Waals surface area contributed by atoms with Gasteiger partial charge in [-0.15, -0.1) is 0 Å². The van der Waals surface area contributed by atoms with Crippen LogP contribution >= 0.6 is 23.1 Å². The molecular weight excluding hydrogens is 981 g/mol. The molecule has 4 aliphatic rings. The van der Waals surface area contributed by atoms with Crippen molar-refractivity contribution in [1.29, 1.82) is 0 Å². The number of anilines is 6. The predicted molar refractivity (Wildman–Crippen MR) is 274 cm³/mol. The lowest BCUT2D eigenvalue weighted by molar-refractivity contribution is -0.137. The maximum absolute atomic E-state index is 15.2. The number of pyridine rings is 1. The first-order chi connectivity index (χ1) is 33.7. The van der Waals surface area contributed by atoms with Crippen LogP contribution in [0.3, 0.4) is 0 Å². The molecule has 0 spiro atoms. The Hall–Kier alpha value is -5.71. The van der Waals surface area contributed by atoms with Crippen molar-refractivity contribution in [3.63, 3.8) is 0 Å². The monoisotopic (exact) mass is 1040 g/mol. The Morgan fingerprint density at radius 3 is 2.29 bits per heavy atom. The quantitative estimate of drug-likeness (QED) is 0.0719. The summed E-state index contributed by atoms with van der Waals surface area (Å²) in [5, 5.41) is 10.5. The Morgan fingerprint density at radius 2 is 1.60 bits per heavy atom. The number of hydrogen-bond acceptors (Lipinski definition) is 13. The highest BCUT2D eigenvalue weighted by Crippen LogP contribution is 2.42. The van der Waals surface area contributed by atoms with Crippen LogP contribution < -0.4 is 35.8 Å². The summed E-state index contributed by atoms with van der Waals surface area (Å²) >= 11 is 3.59. The highest BCUT2D eigenvalue weighted by molar-refractivity contribution is 9.10. The number of piperazine rings is 1. The standard InChI is InChI=1S/C51H60BrF2N10O5P/c1-5-32-24-41(58-51-56-28-37(52)49(60-51)57-42-29-55-40-9-7-6-8-35(40)48(42)70(3,4)68)44(69-2)27-43(32)62-20-15-33(16-21-62)64-23-22-63(46(66)30-64)19-14-31-12-17-61(18-13-31)34-25-38(53)47(39(54)26-34)36-10-11-45(65)59-50(36)67/h6-9,24-29,31,33,36H,5,10-23,30H2,1-4H3,(H,59,65,67)(H2,56,57,58,60). The van der Waals surface area contributed by atoms with E-state index in [1.54, 1.807) is 32.8 Å². The molecule has 0 saturated carbocycles. The van der Waals surface area contributed by atoms with E-state index in [0.717, 1.165) is 86.0 Å². The van der Waals surface area contributed by atoms with Crippen LogP contribution in [-0.2, 0) is 25.4 Å². The SMILES string of the molecule is CCc1cc(Nc2ncc(Br)c(Nc3cnc4ccccc4c3P(C)(C)=O)n2)c(OC)cc1N1CCC(N2CCN(CCC3CCN(c4cc(F)c(C5CCC(=O)NC5=O)c(F)c4)CC3)C(=O)C2)CC1. The van der Waals surface area contributed by atoms with Crippen LogP contribution in [0.2, 0.25) is 0 Å². The number of piperidine rings is 3. The molecule has 4 aliphatic heterocycles. The van der Waals surface area contributed by atoms with Gasteiger partial charge >= 0.3 is 0 Å². The molecule has 3 aromatic carbocycles. The number of rotatable bonds is 14. The molecule has 3 N–H and O–H groups in total. The van der Waals surface area contributed by atoms with Crippen LogP contribution in [0.15, 0.2) is 65.4 Å². The van der Waals surface area contributed by atoms with Gasteiger partial charge in [-0.2, -0.15) is 4.98 Å². The van der Waals surface area contributed by atoms with E-state index in [4.69, 9.17) is 9.72 Å². The number of ether oxygens (including phenoxy) is 1. The van der Waals surface area contributed by atoms with E-state index in [0.29, 0.717) is 83.4 Å². The lowest BCUT2D eigenvalue weighted by Crippen LogP contribution is -2.56. The van der Waals surface area contributed by atoms with E-state index in [-0.39, 0.29) is 24.3 Å². The molecule has 4 fully saturated rings. The van der Waals surface area contributed by atoms with Crippen molar-refractivity contribution in [1.82, 2.24) is 30.1 Å². The van der Waals surface area contributed by atoms with Crippen molar-refractivity contribution in [3.8, 4) is 5.75 Å². The minimum absolute atomic E-state index is 0.0488. The van der Waals surface area contributed by atoms with Gasteiger partial charge in [-0.25, -0.2) is 13.8 Å². The minimum Gasteiger partial charge on any atom is -0.494 e. The third kappa shape index (κ3) is 10.6. The predicted octanol–water partition coefficient (Wildman–Crippen LogP) is 8.31. The van der Waals surface area contributed by atoms with Crippen LogP contribution in [-0.4, -0.2) is 121 Å². The van der Waals surface area contributed by atoms with E-state index >= 15 is 8.78 Å². The Morgan fingerprint density at radius 1 is 0.871 bits per heavy atom. The van der Waals surface area contributed by atoms with Crippen molar-refractivity contribution in [2.45, 2.75) is 70.3 Å². The second-order valence-electron chi connectivity index (χ2n) is 19.2. The Bertz CT molecular complexity index is 2830. The lowest BCUT2D eigenvalue weighted by atomic mass is 9.89. The minimum atomic E-state index is -2.73. The third-order valence-electron chi connectivity index (χ3n) is 14.4. The average molecular weight is 1040 g/mol. The van der Waals surface area contributed by atoms with Crippen LogP contribution in [0, 0.1) is 17.6 Å². The topological polar surface area (TPSA) is 165 Å². The van der Waals surface area contributed by atoms with E-state index in [9.17, 15) is 18.9 Å². The van der Waals surface area contributed by atoms with Crippen LogP contribution in [0.1, 0.15) is 68.9 Å². The van der Waals surface area contributed by atoms with Crippen molar-refractivity contribution in [2.24, 2.45) is 5.92 Å². The molecule has 0 aliphatic carbocycles. The van der Waals surface area contributed by atoms with E-state index in [2.05, 4.69) is 70.7 Å². The normalized spacial score (nSPS) is 18.9.